The maximum absolute atomic E-state index is 12.1. The van der Waals surface area contributed by atoms with E-state index < -0.39 is 36.2 Å². The van der Waals surface area contributed by atoms with E-state index in [1.165, 1.54) is 14.0 Å². The number of carbonyl (C=O) groups excluding carboxylic acids is 3. The van der Waals surface area contributed by atoms with Gasteiger partial charge in [-0.1, -0.05) is 30.3 Å². The fraction of sp³-hybridized carbons (Fsp3) is 0.526. The van der Waals surface area contributed by atoms with Gasteiger partial charge in [-0.05, 0) is 25.3 Å². The molecule has 0 fully saturated rings. The van der Waals surface area contributed by atoms with Crippen LogP contribution in [-0.2, 0) is 25.7 Å². The SMILES string of the molecule is COC(=O)[C@@H](NC(=O)[C@H]([NH3+])CCCCNC(=O)OCc1ccccc1)[C@H](C)O. The standard InChI is InChI=1S/C19H29N3O6/c1-13(23)16(18(25)27-2)22-17(24)15(20)10-6-7-11-21-19(26)28-12-14-8-4-3-5-9-14/h3-5,8-9,13,15-16,23H,6-7,10-12,20H2,1-2H3,(H,21,26)(H,22,24)/p+1/t13-,15+,16-/m0/s1. The minimum absolute atomic E-state index is 0.207. The number of amides is 2. The molecule has 6 N–H and O–H groups in total. The van der Waals surface area contributed by atoms with Gasteiger partial charge in [-0.25, -0.2) is 9.59 Å². The fourth-order valence-corrected chi connectivity index (χ4v) is 2.39. The van der Waals surface area contributed by atoms with Crippen LogP contribution < -0.4 is 16.4 Å². The number of hydrogen-bond acceptors (Lipinski definition) is 6. The highest BCUT2D eigenvalue weighted by Gasteiger charge is 2.29. The molecule has 1 aromatic rings. The summed E-state index contributed by atoms with van der Waals surface area (Å²) in [6.45, 7) is 2.02. The van der Waals surface area contributed by atoms with Gasteiger partial charge >= 0.3 is 12.1 Å². The Kier molecular flexibility index (Phi) is 10.6. The van der Waals surface area contributed by atoms with E-state index in [9.17, 15) is 19.5 Å². The number of carbonyl (C=O) groups is 3. The third-order valence-electron chi connectivity index (χ3n) is 4.07. The van der Waals surface area contributed by atoms with Crippen LogP contribution in [-0.4, -0.2) is 54.9 Å². The van der Waals surface area contributed by atoms with Crippen molar-refractivity contribution >= 4 is 18.0 Å². The van der Waals surface area contributed by atoms with Crippen molar-refractivity contribution in [3.05, 3.63) is 35.9 Å². The van der Waals surface area contributed by atoms with Crippen LogP contribution in [0.5, 0.6) is 0 Å². The Morgan fingerprint density at radius 1 is 1.18 bits per heavy atom. The summed E-state index contributed by atoms with van der Waals surface area (Å²) < 4.78 is 9.65. The van der Waals surface area contributed by atoms with Crippen LogP contribution in [0.2, 0.25) is 0 Å². The van der Waals surface area contributed by atoms with Crippen LogP contribution in [0.4, 0.5) is 4.79 Å². The van der Waals surface area contributed by atoms with Crippen molar-refractivity contribution < 1.29 is 34.7 Å². The summed E-state index contributed by atoms with van der Waals surface area (Å²) >= 11 is 0. The van der Waals surface area contributed by atoms with Crippen molar-refractivity contribution in [2.45, 2.75) is 51.0 Å². The molecule has 0 aliphatic rings. The van der Waals surface area contributed by atoms with Gasteiger partial charge < -0.3 is 30.9 Å². The highest BCUT2D eigenvalue weighted by Crippen LogP contribution is 2.02. The summed E-state index contributed by atoms with van der Waals surface area (Å²) in [5, 5.41) is 14.7. The minimum Gasteiger partial charge on any atom is -0.467 e. The van der Waals surface area contributed by atoms with Gasteiger partial charge in [0, 0.05) is 13.0 Å². The summed E-state index contributed by atoms with van der Waals surface area (Å²) in [6, 6.07) is 7.66. The van der Waals surface area contributed by atoms with E-state index in [1.807, 2.05) is 30.3 Å². The first-order valence-electron chi connectivity index (χ1n) is 9.19. The molecule has 0 saturated carbocycles. The monoisotopic (exact) mass is 396 g/mol. The van der Waals surface area contributed by atoms with Crippen molar-refractivity contribution in [3.8, 4) is 0 Å². The zero-order valence-electron chi connectivity index (χ0n) is 16.3. The number of methoxy groups -OCH3 is 1. The maximum atomic E-state index is 12.1. The molecule has 1 rings (SSSR count). The smallest absolute Gasteiger partial charge is 0.407 e. The Hall–Kier alpha value is -2.65. The second-order valence-corrected chi connectivity index (χ2v) is 6.43. The number of aliphatic hydroxyl groups excluding tert-OH is 1. The van der Waals surface area contributed by atoms with Crippen LogP contribution in [0.25, 0.3) is 0 Å². The molecule has 1 aromatic carbocycles. The molecule has 3 atom stereocenters. The molecule has 0 aliphatic carbocycles. The van der Waals surface area contributed by atoms with Gasteiger partial charge in [-0.2, -0.15) is 0 Å². The molecule has 9 heteroatoms. The summed E-state index contributed by atoms with van der Waals surface area (Å²) in [5.74, 6) is -1.15. The second-order valence-electron chi connectivity index (χ2n) is 6.43. The highest BCUT2D eigenvalue weighted by atomic mass is 16.5. The van der Waals surface area contributed by atoms with Gasteiger partial charge in [-0.3, -0.25) is 4.79 Å². The molecule has 0 aromatic heterocycles. The molecule has 0 heterocycles. The van der Waals surface area contributed by atoms with Gasteiger partial charge in [0.15, 0.2) is 12.1 Å². The topological polar surface area (TPSA) is 142 Å². The number of aliphatic hydroxyl groups is 1. The van der Waals surface area contributed by atoms with Crippen molar-refractivity contribution in [2.24, 2.45) is 0 Å². The number of alkyl carbamates (subject to hydrolysis) is 1. The molecular weight excluding hydrogens is 366 g/mol. The first kappa shape index (κ1) is 23.4. The molecule has 0 unspecified atom stereocenters. The zero-order valence-corrected chi connectivity index (χ0v) is 16.3. The van der Waals surface area contributed by atoms with Crippen molar-refractivity contribution in [1.29, 1.82) is 0 Å². The molecule has 0 bridgehead atoms. The van der Waals surface area contributed by atoms with Gasteiger partial charge in [0.1, 0.15) is 6.61 Å². The molecule has 0 radical (unpaired) electrons. The molecular formula is C19H30N3O6+. The van der Waals surface area contributed by atoms with Crippen LogP contribution in [0.1, 0.15) is 31.7 Å². The number of ether oxygens (including phenoxy) is 2. The third-order valence-corrected chi connectivity index (χ3v) is 4.07. The Balaban J connectivity index is 2.19. The summed E-state index contributed by atoms with van der Waals surface area (Å²) in [7, 11) is 1.18. The van der Waals surface area contributed by atoms with E-state index in [1.54, 1.807) is 0 Å². The molecule has 2 amide bonds. The van der Waals surface area contributed by atoms with Crippen molar-refractivity contribution in [2.75, 3.05) is 13.7 Å². The largest absolute Gasteiger partial charge is 0.467 e. The molecule has 0 aliphatic heterocycles. The number of quaternary nitrogens is 1. The van der Waals surface area contributed by atoms with E-state index in [0.29, 0.717) is 25.8 Å². The molecule has 0 saturated heterocycles. The lowest BCUT2D eigenvalue weighted by molar-refractivity contribution is -0.405. The van der Waals surface area contributed by atoms with Gasteiger partial charge in [0.25, 0.3) is 5.91 Å². The first-order chi connectivity index (χ1) is 13.3. The zero-order chi connectivity index (χ0) is 20.9. The average molecular weight is 396 g/mol. The first-order valence-corrected chi connectivity index (χ1v) is 9.19. The number of hydrogen-bond donors (Lipinski definition) is 4. The molecule has 28 heavy (non-hydrogen) atoms. The van der Waals surface area contributed by atoms with E-state index in [2.05, 4.69) is 21.1 Å². The number of unbranched alkanes of at least 4 members (excludes halogenated alkanes) is 1. The minimum atomic E-state index is -1.12. The van der Waals surface area contributed by atoms with Crippen LogP contribution in [0.3, 0.4) is 0 Å². The molecule has 0 spiro atoms. The quantitative estimate of drug-likeness (QED) is 0.300. The van der Waals surface area contributed by atoms with Gasteiger partial charge in [-0.15, -0.1) is 0 Å². The Morgan fingerprint density at radius 3 is 2.46 bits per heavy atom. The number of esters is 1. The van der Waals surface area contributed by atoms with Crippen LogP contribution in [0.15, 0.2) is 30.3 Å². The van der Waals surface area contributed by atoms with E-state index in [-0.39, 0.29) is 6.61 Å². The average Bonchev–Trinajstić information content (AvgIpc) is 2.69. The Labute approximate surface area is 164 Å². The van der Waals surface area contributed by atoms with E-state index in [4.69, 9.17) is 4.74 Å². The summed E-state index contributed by atoms with van der Waals surface area (Å²) in [5.41, 5.74) is 4.68. The fourth-order valence-electron chi connectivity index (χ4n) is 2.39. The highest BCUT2D eigenvalue weighted by molar-refractivity contribution is 5.86. The lowest BCUT2D eigenvalue weighted by Gasteiger charge is -2.20. The van der Waals surface area contributed by atoms with Gasteiger partial charge in [0.05, 0.1) is 13.2 Å². The number of benzene rings is 1. The van der Waals surface area contributed by atoms with Crippen molar-refractivity contribution in [3.63, 3.8) is 0 Å². The normalized spacial score (nSPS) is 13.7. The maximum Gasteiger partial charge on any atom is 0.407 e. The summed E-state index contributed by atoms with van der Waals surface area (Å²) in [6.07, 6.45) is 0.204. The van der Waals surface area contributed by atoms with Gasteiger partial charge in [0.2, 0.25) is 0 Å². The Bertz CT molecular complexity index is 623. The number of rotatable bonds is 11. The lowest BCUT2D eigenvalue weighted by atomic mass is 10.1. The second kappa shape index (κ2) is 12.7. The predicted molar refractivity (Wildman–Crippen MR) is 101 cm³/mol. The lowest BCUT2D eigenvalue weighted by Crippen LogP contribution is -2.69. The van der Waals surface area contributed by atoms with Crippen LogP contribution >= 0.6 is 0 Å². The molecule has 9 nitrogen and oxygen atoms in total. The predicted octanol–water partition coefficient (Wildman–Crippen LogP) is -0.268. The number of nitrogens with one attached hydrogen (secondary N) is 2. The van der Waals surface area contributed by atoms with E-state index in [0.717, 1.165) is 5.56 Å². The van der Waals surface area contributed by atoms with Crippen molar-refractivity contribution in [1.82, 2.24) is 10.6 Å². The summed E-state index contributed by atoms with van der Waals surface area (Å²) in [4.78, 5) is 35.3. The van der Waals surface area contributed by atoms with Crippen LogP contribution in [0, 0.1) is 0 Å². The van der Waals surface area contributed by atoms with E-state index >= 15 is 0 Å². The third kappa shape index (κ3) is 8.83. The Morgan fingerprint density at radius 2 is 1.86 bits per heavy atom. The molecule has 156 valence electrons.